The Bertz CT molecular complexity index is 260. The van der Waals surface area contributed by atoms with Crippen LogP contribution < -0.4 is 16.0 Å². The summed E-state index contributed by atoms with van der Waals surface area (Å²) in [4.78, 5) is 22.8. The standard InChI is InChI=1S/C12H23N3O2/c1-9(2)6-14-11(16)12(17)15-8-10-4-3-5-13-7-10/h9-10,13H,3-8H2,1-2H3,(H,14,16)(H,15,17). The Morgan fingerprint density at radius 1 is 1.29 bits per heavy atom. The summed E-state index contributed by atoms with van der Waals surface area (Å²) in [7, 11) is 0. The van der Waals surface area contributed by atoms with Crippen LogP contribution >= 0.6 is 0 Å². The molecule has 0 aliphatic carbocycles. The highest BCUT2D eigenvalue weighted by Crippen LogP contribution is 2.07. The minimum Gasteiger partial charge on any atom is -0.348 e. The molecule has 1 unspecified atom stereocenters. The monoisotopic (exact) mass is 241 g/mol. The van der Waals surface area contributed by atoms with E-state index in [9.17, 15) is 9.59 Å². The van der Waals surface area contributed by atoms with Crippen molar-refractivity contribution in [3.8, 4) is 0 Å². The first-order valence-electron chi connectivity index (χ1n) is 6.36. The average Bonchev–Trinajstić information content (AvgIpc) is 2.34. The van der Waals surface area contributed by atoms with Crippen LogP contribution in [0.2, 0.25) is 0 Å². The van der Waals surface area contributed by atoms with Gasteiger partial charge in [0.05, 0.1) is 0 Å². The van der Waals surface area contributed by atoms with Crippen molar-refractivity contribution in [3.63, 3.8) is 0 Å². The molecule has 3 N–H and O–H groups in total. The molecule has 1 rings (SSSR count). The highest BCUT2D eigenvalue weighted by Gasteiger charge is 2.17. The van der Waals surface area contributed by atoms with Crippen LogP contribution in [0.3, 0.4) is 0 Å². The molecule has 1 atom stereocenters. The molecule has 0 saturated carbocycles. The van der Waals surface area contributed by atoms with Gasteiger partial charge in [0.2, 0.25) is 0 Å². The first kappa shape index (κ1) is 14.0. The van der Waals surface area contributed by atoms with Gasteiger partial charge in [-0.05, 0) is 37.8 Å². The van der Waals surface area contributed by atoms with Gasteiger partial charge in [0.25, 0.3) is 0 Å². The molecular weight excluding hydrogens is 218 g/mol. The van der Waals surface area contributed by atoms with E-state index in [4.69, 9.17) is 0 Å². The van der Waals surface area contributed by atoms with E-state index in [1.54, 1.807) is 0 Å². The first-order chi connectivity index (χ1) is 8.09. The predicted octanol–water partition coefficient (Wildman–Crippen LogP) is -0.126. The zero-order valence-electron chi connectivity index (χ0n) is 10.7. The number of nitrogens with one attached hydrogen (secondary N) is 3. The third-order valence-corrected chi connectivity index (χ3v) is 2.83. The number of carbonyl (C=O) groups is 2. The van der Waals surface area contributed by atoms with Crippen LogP contribution in [-0.2, 0) is 9.59 Å². The number of amides is 2. The summed E-state index contributed by atoms with van der Waals surface area (Å²) in [5.41, 5.74) is 0. The second-order valence-electron chi connectivity index (χ2n) is 5.03. The molecule has 98 valence electrons. The first-order valence-corrected chi connectivity index (χ1v) is 6.36. The van der Waals surface area contributed by atoms with Crippen LogP contribution in [0.25, 0.3) is 0 Å². The SMILES string of the molecule is CC(C)CNC(=O)C(=O)NCC1CCCNC1. The lowest BCUT2D eigenvalue weighted by molar-refractivity contribution is -0.139. The molecule has 0 bridgehead atoms. The normalized spacial score (nSPS) is 20.1. The maximum absolute atomic E-state index is 11.5. The van der Waals surface area contributed by atoms with Gasteiger partial charge < -0.3 is 16.0 Å². The maximum Gasteiger partial charge on any atom is 0.309 e. The lowest BCUT2D eigenvalue weighted by Crippen LogP contribution is -2.44. The van der Waals surface area contributed by atoms with Gasteiger partial charge in [-0.3, -0.25) is 9.59 Å². The van der Waals surface area contributed by atoms with Gasteiger partial charge in [-0.25, -0.2) is 0 Å². The van der Waals surface area contributed by atoms with Gasteiger partial charge in [0.1, 0.15) is 0 Å². The predicted molar refractivity (Wildman–Crippen MR) is 66.5 cm³/mol. The summed E-state index contributed by atoms with van der Waals surface area (Å²) in [6, 6.07) is 0. The number of rotatable bonds is 4. The lowest BCUT2D eigenvalue weighted by atomic mass is 10.00. The highest BCUT2D eigenvalue weighted by atomic mass is 16.2. The molecule has 1 aliphatic heterocycles. The van der Waals surface area contributed by atoms with Gasteiger partial charge in [-0.15, -0.1) is 0 Å². The van der Waals surface area contributed by atoms with Gasteiger partial charge in [0.15, 0.2) is 0 Å². The fourth-order valence-electron chi connectivity index (χ4n) is 1.79. The third kappa shape index (κ3) is 5.68. The van der Waals surface area contributed by atoms with E-state index in [0.717, 1.165) is 25.9 Å². The molecule has 17 heavy (non-hydrogen) atoms. The Hall–Kier alpha value is -1.10. The summed E-state index contributed by atoms with van der Waals surface area (Å²) in [5.74, 6) is -0.237. The minimum absolute atomic E-state index is 0.356. The number of hydrogen-bond acceptors (Lipinski definition) is 3. The highest BCUT2D eigenvalue weighted by molar-refractivity contribution is 6.35. The number of hydrogen-bond donors (Lipinski definition) is 3. The molecule has 0 radical (unpaired) electrons. The van der Waals surface area contributed by atoms with Crippen molar-refractivity contribution in [1.29, 1.82) is 0 Å². The van der Waals surface area contributed by atoms with Crippen molar-refractivity contribution in [2.75, 3.05) is 26.2 Å². The third-order valence-electron chi connectivity index (χ3n) is 2.83. The van der Waals surface area contributed by atoms with Gasteiger partial charge in [0, 0.05) is 13.1 Å². The van der Waals surface area contributed by atoms with E-state index in [0.29, 0.717) is 24.9 Å². The lowest BCUT2D eigenvalue weighted by Gasteiger charge is -2.22. The van der Waals surface area contributed by atoms with E-state index >= 15 is 0 Å². The summed E-state index contributed by atoms with van der Waals surface area (Å²) < 4.78 is 0. The second-order valence-corrected chi connectivity index (χ2v) is 5.03. The Morgan fingerprint density at radius 3 is 2.59 bits per heavy atom. The van der Waals surface area contributed by atoms with Crippen molar-refractivity contribution in [1.82, 2.24) is 16.0 Å². The van der Waals surface area contributed by atoms with Crippen LogP contribution in [0.1, 0.15) is 26.7 Å². The topological polar surface area (TPSA) is 70.2 Å². The van der Waals surface area contributed by atoms with Gasteiger partial charge in [-0.2, -0.15) is 0 Å². The molecule has 1 heterocycles. The van der Waals surface area contributed by atoms with E-state index in [1.807, 2.05) is 13.8 Å². The van der Waals surface area contributed by atoms with E-state index in [1.165, 1.54) is 0 Å². The average molecular weight is 241 g/mol. The molecule has 0 aromatic carbocycles. The summed E-state index contributed by atoms with van der Waals surface area (Å²) in [6.07, 6.45) is 2.25. The molecule has 1 saturated heterocycles. The van der Waals surface area contributed by atoms with Crippen LogP contribution in [0.15, 0.2) is 0 Å². The maximum atomic E-state index is 11.5. The van der Waals surface area contributed by atoms with E-state index in [2.05, 4.69) is 16.0 Å². The molecule has 5 nitrogen and oxygen atoms in total. The fraction of sp³-hybridized carbons (Fsp3) is 0.833. The zero-order valence-corrected chi connectivity index (χ0v) is 10.7. The molecule has 1 aliphatic rings. The molecule has 0 aromatic heterocycles. The fourth-order valence-corrected chi connectivity index (χ4v) is 1.79. The minimum atomic E-state index is -0.525. The van der Waals surface area contributed by atoms with Crippen LogP contribution in [-0.4, -0.2) is 38.0 Å². The zero-order chi connectivity index (χ0) is 12.7. The molecule has 0 aromatic rings. The number of carbonyl (C=O) groups excluding carboxylic acids is 2. The van der Waals surface area contributed by atoms with Crippen molar-refractivity contribution in [2.45, 2.75) is 26.7 Å². The summed E-state index contributed by atoms with van der Waals surface area (Å²) >= 11 is 0. The van der Waals surface area contributed by atoms with Crippen molar-refractivity contribution in [3.05, 3.63) is 0 Å². The Balaban J connectivity index is 2.16. The molecule has 0 spiro atoms. The van der Waals surface area contributed by atoms with Crippen molar-refractivity contribution < 1.29 is 9.59 Å². The van der Waals surface area contributed by atoms with E-state index < -0.39 is 11.8 Å². The Kier molecular flexibility index (Phi) is 5.97. The molecule has 5 heteroatoms. The van der Waals surface area contributed by atoms with Crippen LogP contribution in [0.5, 0.6) is 0 Å². The number of piperidine rings is 1. The van der Waals surface area contributed by atoms with Gasteiger partial charge in [-0.1, -0.05) is 13.8 Å². The van der Waals surface area contributed by atoms with Gasteiger partial charge >= 0.3 is 11.8 Å². The smallest absolute Gasteiger partial charge is 0.309 e. The Labute approximate surface area is 103 Å². The largest absolute Gasteiger partial charge is 0.348 e. The molecular formula is C12H23N3O2. The van der Waals surface area contributed by atoms with Crippen molar-refractivity contribution in [2.24, 2.45) is 11.8 Å². The summed E-state index contributed by atoms with van der Waals surface area (Å²) in [5, 5.41) is 8.56. The van der Waals surface area contributed by atoms with Crippen molar-refractivity contribution >= 4 is 11.8 Å². The van der Waals surface area contributed by atoms with Crippen LogP contribution in [0, 0.1) is 11.8 Å². The Morgan fingerprint density at radius 2 is 2.00 bits per heavy atom. The van der Waals surface area contributed by atoms with Crippen LogP contribution in [0.4, 0.5) is 0 Å². The molecule has 2 amide bonds. The van der Waals surface area contributed by atoms with E-state index in [-0.39, 0.29) is 0 Å². The quantitative estimate of drug-likeness (QED) is 0.601. The second kappa shape index (κ2) is 7.27. The molecule has 1 fully saturated rings. The summed E-state index contributed by atoms with van der Waals surface area (Å²) in [6.45, 7) is 7.09.